The van der Waals surface area contributed by atoms with Crippen LogP contribution >= 0.6 is 12.2 Å². The van der Waals surface area contributed by atoms with Gasteiger partial charge in [0.05, 0.1) is 37.3 Å². The number of ether oxygens (including phenoxy) is 2. The number of fused-ring (bicyclic) bond motifs is 1. The van der Waals surface area contributed by atoms with E-state index in [2.05, 4.69) is 4.98 Å². The highest BCUT2D eigenvalue weighted by Gasteiger charge is 2.04. The molecule has 1 aromatic carbocycles. The number of para-hydroxylation sites is 1. The standard InChI is InChI=1S/C13H16N2O3S/c1-17-8-9-18-7-6-15-12(16)10-4-2-3-5-11(10)14-13(15)19/h2-5H,6-9H2,1H3,(H,14,19). The summed E-state index contributed by atoms with van der Waals surface area (Å²) in [5.41, 5.74) is 0.670. The molecule has 0 saturated heterocycles. The molecule has 0 aliphatic rings. The molecule has 5 nitrogen and oxygen atoms in total. The zero-order valence-corrected chi connectivity index (χ0v) is 11.5. The summed E-state index contributed by atoms with van der Waals surface area (Å²) in [7, 11) is 1.62. The average molecular weight is 280 g/mol. The van der Waals surface area contributed by atoms with Crippen LogP contribution in [-0.2, 0) is 16.0 Å². The molecule has 0 saturated carbocycles. The van der Waals surface area contributed by atoms with Gasteiger partial charge >= 0.3 is 0 Å². The van der Waals surface area contributed by atoms with Gasteiger partial charge in [0.2, 0.25) is 0 Å². The van der Waals surface area contributed by atoms with Crippen molar-refractivity contribution in [1.29, 1.82) is 0 Å². The molecule has 0 aliphatic heterocycles. The van der Waals surface area contributed by atoms with Crippen molar-refractivity contribution < 1.29 is 9.47 Å². The van der Waals surface area contributed by atoms with Gasteiger partial charge in [-0.2, -0.15) is 0 Å². The Labute approximate surface area is 115 Å². The number of hydrogen-bond acceptors (Lipinski definition) is 4. The highest BCUT2D eigenvalue weighted by molar-refractivity contribution is 7.71. The maximum atomic E-state index is 12.3. The van der Waals surface area contributed by atoms with E-state index in [1.165, 1.54) is 4.57 Å². The molecular formula is C13H16N2O3S. The second-order valence-corrected chi connectivity index (χ2v) is 4.42. The van der Waals surface area contributed by atoms with Crippen molar-refractivity contribution in [1.82, 2.24) is 9.55 Å². The molecule has 0 bridgehead atoms. The molecule has 0 radical (unpaired) electrons. The summed E-state index contributed by atoms with van der Waals surface area (Å²) in [4.78, 5) is 15.3. The summed E-state index contributed by atoms with van der Waals surface area (Å²) in [5.74, 6) is 0. The van der Waals surface area contributed by atoms with Crippen molar-refractivity contribution >= 4 is 23.1 Å². The molecule has 0 amide bonds. The molecule has 6 heteroatoms. The summed E-state index contributed by atoms with van der Waals surface area (Å²) in [5, 5.41) is 0.632. The lowest BCUT2D eigenvalue weighted by Gasteiger charge is -2.08. The van der Waals surface area contributed by atoms with Crippen LogP contribution in [0.25, 0.3) is 10.9 Å². The third kappa shape index (κ3) is 3.28. The molecule has 1 N–H and O–H groups in total. The summed E-state index contributed by atoms with van der Waals surface area (Å²) >= 11 is 5.19. The summed E-state index contributed by atoms with van der Waals surface area (Å²) in [6.07, 6.45) is 0. The van der Waals surface area contributed by atoms with Crippen molar-refractivity contribution in [2.75, 3.05) is 26.9 Å². The van der Waals surface area contributed by atoms with E-state index in [1.807, 2.05) is 18.2 Å². The topological polar surface area (TPSA) is 56.2 Å². The molecule has 2 rings (SSSR count). The van der Waals surface area contributed by atoms with Crippen LogP contribution in [0.3, 0.4) is 0 Å². The number of aromatic amines is 1. The number of benzene rings is 1. The van der Waals surface area contributed by atoms with Crippen LogP contribution in [0.5, 0.6) is 0 Å². The van der Waals surface area contributed by atoms with Crippen LogP contribution in [0, 0.1) is 4.77 Å². The first-order valence-electron chi connectivity index (χ1n) is 6.02. The van der Waals surface area contributed by atoms with Gasteiger partial charge in [0.15, 0.2) is 4.77 Å². The number of methoxy groups -OCH3 is 1. The van der Waals surface area contributed by atoms with Gasteiger partial charge in [-0.15, -0.1) is 0 Å². The van der Waals surface area contributed by atoms with E-state index >= 15 is 0 Å². The Bertz CT molecular complexity index is 663. The molecule has 0 aliphatic carbocycles. The largest absolute Gasteiger partial charge is 0.382 e. The highest BCUT2D eigenvalue weighted by Crippen LogP contribution is 2.05. The van der Waals surface area contributed by atoms with E-state index in [0.717, 1.165) is 5.52 Å². The smallest absolute Gasteiger partial charge is 0.262 e. The zero-order chi connectivity index (χ0) is 13.7. The van der Waals surface area contributed by atoms with E-state index < -0.39 is 0 Å². The van der Waals surface area contributed by atoms with Crippen molar-refractivity contribution in [2.24, 2.45) is 0 Å². The molecule has 102 valence electrons. The zero-order valence-electron chi connectivity index (χ0n) is 10.7. The number of nitrogens with zero attached hydrogens (tertiary/aromatic N) is 1. The van der Waals surface area contributed by atoms with Gasteiger partial charge in [0.1, 0.15) is 0 Å². The fraction of sp³-hybridized carbons (Fsp3) is 0.385. The number of hydrogen-bond donors (Lipinski definition) is 1. The lowest BCUT2D eigenvalue weighted by Crippen LogP contribution is -2.24. The lowest BCUT2D eigenvalue weighted by molar-refractivity contribution is 0.0661. The van der Waals surface area contributed by atoms with Gasteiger partial charge in [-0.1, -0.05) is 12.1 Å². The normalized spacial score (nSPS) is 11.0. The first kappa shape index (κ1) is 13.9. The van der Waals surface area contributed by atoms with Crippen molar-refractivity contribution in [3.63, 3.8) is 0 Å². The Morgan fingerprint density at radius 3 is 2.84 bits per heavy atom. The molecule has 19 heavy (non-hydrogen) atoms. The first-order chi connectivity index (χ1) is 9.24. The van der Waals surface area contributed by atoms with Crippen LogP contribution in [0.15, 0.2) is 29.1 Å². The number of aromatic nitrogens is 2. The van der Waals surface area contributed by atoms with Gasteiger partial charge in [-0.05, 0) is 24.4 Å². The van der Waals surface area contributed by atoms with Gasteiger partial charge in [-0.3, -0.25) is 9.36 Å². The quantitative estimate of drug-likeness (QED) is 0.646. The monoisotopic (exact) mass is 280 g/mol. The van der Waals surface area contributed by atoms with E-state index in [-0.39, 0.29) is 5.56 Å². The highest BCUT2D eigenvalue weighted by atomic mass is 32.1. The van der Waals surface area contributed by atoms with Crippen molar-refractivity contribution in [3.05, 3.63) is 39.4 Å². The van der Waals surface area contributed by atoms with Gasteiger partial charge in [0.25, 0.3) is 5.56 Å². The summed E-state index contributed by atoms with van der Waals surface area (Å²) in [6.45, 7) is 1.91. The Balaban J connectivity index is 2.19. The van der Waals surface area contributed by atoms with Crippen LogP contribution in [0.2, 0.25) is 0 Å². The molecule has 1 heterocycles. The lowest BCUT2D eigenvalue weighted by atomic mass is 10.2. The van der Waals surface area contributed by atoms with Crippen LogP contribution in [0.4, 0.5) is 0 Å². The third-order valence-electron chi connectivity index (χ3n) is 2.78. The van der Waals surface area contributed by atoms with Crippen LogP contribution in [-0.4, -0.2) is 36.5 Å². The minimum absolute atomic E-state index is 0.0882. The van der Waals surface area contributed by atoms with Crippen molar-refractivity contribution in [2.45, 2.75) is 6.54 Å². The minimum Gasteiger partial charge on any atom is -0.382 e. The van der Waals surface area contributed by atoms with Gasteiger partial charge in [-0.25, -0.2) is 0 Å². The molecule has 2 aromatic rings. The van der Waals surface area contributed by atoms with Gasteiger partial charge < -0.3 is 14.5 Å². The molecule has 0 atom stereocenters. The van der Waals surface area contributed by atoms with E-state index in [1.54, 1.807) is 13.2 Å². The molecular weight excluding hydrogens is 264 g/mol. The number of nitrogens with one attached hydrogen (secondary N) is 1. The maximum Gasteiger partial charge on any atom is 0.262 e. The Kier molecular flexibility index (Phi) is 4.84. The number of rotatable bonds is 6. The average Bonchev–Trinajstić information content (AvgIpc) is 2.42. The molecule has 1 aromatic heterocycles. The predicted molar refractivity (Wildman–Crippen MR) is 76.1 cm³/mol. The SMILES string of the molecule is COCCOCCn1c(=S)[nH]c2ccccc2c1=O. The second kappa shape index (κ2) is 6.60. The van der Waals surface area contributed by atoms with E-state index in [0.29, 0.717) is 36.5 Å². The Morgan fingerprint density at radius 2 is 2.05 bits per heavy atom. The fourth-order valence-electron chi connectivity index (χ4n) is 1.80. The fourth-order valence-corrected chi connectivity index (χ4v) is 2.09. The minimum atomic E-state index is -0.0882. The number of H-pyrrole nitrogens is 1. The molecule has 0 spiro atoms. The summed E-state index contributed by atoms with van der Waals surface area (Å²) in [6, 6.07) is 7.32. The van der Waals surface area contributed by atoms with Gasteiger partial charge in [0, 0.05) is 7.11 Å². The Morgan fingerprint density at radius 1 is 1.26 bits per heavy atom. The van der Waals surface area contributed by atoms with Crippen LogP contribution in [0.1, 0.15) is 0 Å². The van der Waals surface area contributed by atoms with E-state index in [9.17, 15) is 4.79 Å². The maximum absolute atomic E-state index is 12.3. The second-order valence-electron chi connectivity index (χ2n) is 4.04. The van der Waals surface area contributed by atoms with E-state index in [4.69, 9.17) is 21.7 Å². The first-order valence-corrected chi connectivity index (χ1v) is 6.43. The Hall–Kier alpha value is -1.50. The molecule has 0 fully saturated rings. The predicted octanol–water partition coefficient (Wildman–Crippen LogP) is 1.72. The van der Waals surface area contributed by atoms with Crippen LogP contribution < -0.4 is 5.56 Å². The third-order valence-corrected chi connectivity index (χ3v) is 3.10. The summed E-state index contributed by atoms with van der Waals surface area (Å²) < 4.78 is 12.2. The van der Waals surface area contributed by atoms with Crippen molar-refractivity contribution in [3.8, 4) is 0 Å². The molecule has 0 unspecified atom stereocenters.